The summed E-state index contributed by atoms with van der Waals surface area (Å²) < 4.78 is 61.3. The lowest BCUT2D eigenvalue weighted by Gasteiger charge is -2.25. The van der Waals surface area contributed by atoms with Crippen LogP contribution in [-0.4, -0.2) is 37.1 Å². The van der Waals surface area contributed by atoms with Gasteiger partial charge in [0, 0.05) is 12.1 Å². The van der Waals surface area contributed by atoms with E-state index in [0.717, 1.165) is 0 Å². The van der Waals surface area contributed by atoms with Crippen molar-refractivity contribution in [1.29, 1.82) is 0 Å². The van der Waals surface area contributed by atoms with Crippen LogP contribution in [0.2, 0.25) is 0 Å². The summed E-state index contributed by atoms with van der Waals surface area (Å²) in [6.07, 6.45) is 0.380. The molecule has 1 aliphatic rings. The summed E-state index contributed by atoms with van der Waals surface area (Å²) in [5.41, 5.74) is 1.04. The second-order valence-corrected chi connectivity index (χ2v) is 9.58. The lowest BCUT2D eigenvalue weighted by molar-refractivity contribution is 0.354. The number of primary sulfonamides is 1. The number of hydrogen-bond acceptors (Lipinski definition) is 6. The molecule has 0 saturated heterocycles. The summed E-state index contributed by atoms with van der Waals surface area (Å²) in [6.45, 7) is 1.76. The van der Waals surface area contributed by atoms with Crippen LogP contribution in [0.5, 0.6) is 11.5 Å². The van der Waals surface area contributed by atoms with Gasteiger partial charge in [-0.15, -0.1) is 0 Å². The van der Waals surface area contributed by atoms with E-state index >= 15 is 0 Å². The summed E-state index contributed by atoms with van der Waals surface area (Å²) in [5, 5.41) is 5.17. The van der Waals surface area contributed by atoms with Crippen molar-refractivity contribution in [2.24, 2.45) is 5.14 Å². The first-order valence-corrected chi connectivity index (χ1v) is 11.0. The minimum absolute atomic E-state index is 0.0428. The van der Waals surface area contributed by atoms with E-state index in [4.69, 9.17) is 14.6 Å². The van der Waals surface area contributed by atoms with E-state index in [1.807, 2.05) is 0 Å². The van der Waals surface area contributed by atoms with E-state index in [1.54, 1.807) is 6.92 Å². The molecule has 1 heterocycles. The Morgan fingerprint density at radius 1 is 0.963 bits per heavy atom. The smallest absolute Gasteiger partial charge is 0.264 e. The van der Waals surface area contributed by atoms with E-state index in [9.17, 15) is 16.8 Å². The van der Waals surface area contributed by atoms with E-state index in [-0.39, 0.29) is 15.8 Å². The summed E-state index contributed by atoms with van der Waals surface area (Å²) in [7, 11) is -4.86. The standard InChI is InChI=1S/C17H20N2O6S2/c1-11-8-12-9-13(26(18,20)21)4-6-15(12)19(11)27(22,23)14-5-7-16(24-2)17(10-14)25-3/h4-7,9-11H,8H2,1-3H3,(H2,18,20,21)/t11-/m1/s1. The van der Waals surface area contributed by atoms with E-state index in [0.29, 0.717) is 29.2 Å². The Kier molecular flexibility index (Phi) is 4.83. The SMILES string of the molecule is COc1ccc(S(=O)(=O)N2c3ccc(S(N)(=O)=O)cc3C[C@H]2C)cc1OC. The van der Waals surface area contributed by atoms with Crippen molar-refractivity contribution in [3.63, 3.8) is 0 Å². The van der Waals surface area contributed by atoms with Gasteiger partial charge in [0.05, 0.1) is 29.7 Å². The molecule has 0 bridgehead atoms. The van der Waals surface area contributed by atoms with Crippen molar-refractivity contribution in [3.8, 4) is 11.5 Å². The van der Waals surface area contributed by atoms with Crippen LogP contribution >= 0.6 is 0 Å². The molecule has 0 radical (unpaired) electrons. The van der Waals surface area contributed by atoms with E-state index in [1.165, 1.54) is 54.9 Å². The maximum Gasteiger partial charge on any atom is 0.264 e. The molecule has 0 unspecified atom stereocenters. The maximum absolute atomic E-state index is 13.2. The molecule has 146 valence electrons. The Morgan fingerprint density at radius 3 is 2.19 bits per heavy atom. The molecule has 27 heavy (non-hydrogen) atoms. The molecule has 0 fully saturated rings. The van der Waals surface area contributed by atoms with Crippen molar-refractivity contribution < 1.29 is 26.3 Å². The molecule has 0 aromatic heterocycles. The first kappa shape index (κ1) is 19.5. The molecule has 2 aromatic rings. The van der Waals surface area contributed by atoms with Crippen LogP contribution in [0.3, 0.4) is 0 Å². The fourth-order valence-corrected chi connectivity index (χ4v) is 5.49. The molecule has 1 atom stereocenters. The van der Waals surface area contributed by atoms with Gasteiger partial charge in [0.15, 0.2) is 11.5 Å². The molecule has 2 aromatic carbocycles. The van der Waals surface area contributed by atoms with Gasteiger partial charge in [-0.25, -0.2) is 22.0 Å². The Morgan fingerprint density at radius 2 is 1.59 bits per heavy atom. The Bertz CT molecular complexity index is 1100. The van der Waals surface area contributed by atoms with Crippen LogP contribution in [-0.2, 0) is 26.5 Å². The van der Waals surface area contributed by atoms with Crippen LogP contribution in [0.4, 0.5) is 5.69 Å². The van der Waals surface area contributed by atoms with Crippen LogP contribution in [0.15, 0.2) is 46.2 Å². The first-order valence-electron chi connectivity index (χ1n) is 8.01. The van der Waals surface area contributed by atoms with Gasteiger partial charge >= 0.3 is 0 Å². The monoisotopic (exact) mass is 412 g/mol. The predicted molar refractivity (Wildman–Crippen MR) is 100 cm³/mol. The van der Waals surface area contributed by atoms with Gasteiger partial charge in [-0.3, -0.25) is 4.31 Å². The topological polar surface area (TPSA) is 116 Å². The van der Waals surface area contributed by atoms with E-state index in [2.05, 4.69) is 0 Å². The number of sulfonamides is 2. The third-order valence-electron chi connectivity index (χ3n) is 4.44. The van der Waals surface area contributed by atoms with Gasteiger partial charge in [0.25, 0.3) is 10.0 Å². The Labute approximate surface area is 158 Å². The summed E-state index contributed by atoms with van der Waals surface area (Å²) in [6, 6.07) is 8.19. The average molecular weight is 412 g/mol. The zero-order chi connectivity index (χ0) is 20.0. The number of methoxy groups -OCH3 is 2. The van der Waals surface area contributed by atoms with Gasteiger partial charge in [-0.2, -0.15) is 0 Å². The van der Waals surface area contributed by atoms with Gasteiger partial charge in [-0.05, 0) is 49.2 Å². The van der Waals surface area contributed by atoms with Gasteiger partial charge < -0.3 is 9.47 Å². The van der Waals surface area contributed by atoms with Crippen molar-refractivity contribution in [2.75, 3.05) is 18.5 Å². The highest BCUT2D eigenvalue weighted by Crippen LogP contribution is 2.39. The highest BCUT2D eigenvalue weighted by atomic mass is 32.2. The van der Waals surface area contributed by atoms with Gasteiger partial charge in [-0.1, -0.05) is 0 Å². The van der Waals surface area contributed by atoms with Crippen molar-refractivity contribution in [1.82, 2.24) is 0 Å². The second-order valence-electron chi connectivity index (χ2n) is 6.21. The zero-order valence-electron chi connectivity index (χ0n) is 15.0. The number of fused-ring (bicyclic) bond motifs is 1. The fourth-order valence-electron chi connectivity index (χ4n) is 3.21. The third-order valence-corrected chi connectivity index (χ3v) is 7.28. The number of rotatable bonds is 5. The molecule has 0 amide bonds. The number of benzene rings is 2. The normalized spacial score (nSPS) is 16.9. The largest absolute Gasteiger partial charge is 0.493 e. The van der Waals surface area contributed by atoms with Crippen molar-refractivity contribution in [3.05, 3.63) is 42.0 Å². The van der Waals surface area contributed by atoms with Crippen LogP contribution in [0.1, 0.15) is 12.5 Å². The second kappa shape index (κ2) is 6.70. The minimum Gasteiger partial charge on any atom is -0.493 e. The fraction of sp³-hybridized carbons (Fsp3) is 0.294. The Balaban J connectivity index is 2.09. The van der Waals surface area contributed by atoms with E-state index < -0.39 is 20.0 Å². The average Bonchev–Trinajstić information content (AvgIpc) is 2.95. The highest BCUT2D eigenvalue weighted by molar-refractivity contribution is 7.93. The number of nitrogens with zero attached hydrogens (tertiary/aromatic N) is 1. The molecule has 10 heteroatoms. The predicted octanol–water partition coefficient (Wildman–Crippen LogP) is 1.49. The zero-order valence-corrected chi connectivity index (χ0v) is 16.7. The van der Waals surface area contributed by atoms with Crippen LogP contribution < -0.4 is 18.9 Å². The molecule has 8 nitrogen and oxygen atoms in total. The Hall–Kier alpha value is -2.30. The first-order chi connectivity index (χ1) is 12.6. The van der Waals surface area contributed by atoms with Crippen LogP contribution in [0.25, 0.3) is 0 Å². The van der Waals surface area contributed by atoms with Gasteiger partial charge in [0.1, 0.15) is 0 Å². The molecule has 0 spiro atoms. The molecule has 0 aliphatic carbocycles. The van der Waals surface area contributed by atoms with Crippen molar-refractivity contribution in [2.45, 2.75) is 29.2 Å². The van der Waals surface area contributed by atoms with Gasteiger partial charge in [0.2, 0.25) is 10.0 Å². The lowest BCUT2D eigenvalue weighted by atomic mass is 10.1. The molecule has 3 rings (SSSR count). The highest BCUT2D eigenvalue weighted by Gasteiger charge is 2.37. The molecular weight excluding hydrogens is 392 g/mol. The summed E-state index contributed by atoms with van der Waals surface area (Å²) in [5.74, 6) is 0.722. The lowest BCUT2D eigenvalue weighted by Crippen LogP contribution is -2.35. The number of nitrogens with two attached hydrogens (primary N) is 1. The number of hydrogen-bond donors (Lipinski definition) is 1. The number of ether oxygens (including phenoxy) is 2. The number of anilines is 1. The summed E-state index contributed by atoms with van der Waals surface area (Å²) >= 11 is 0. The summed E-state index contributed by atoms with van der Waals surface area (Å²) in [4.78, 5) is 0.00851. The maximum atomic E-state index is 13.2. The minimum atomic E-state index is -3.89. The molecular formula is C17H20N2O6S2. The molecule has 1 aliphatic heterocycles. The van der Waals surface area contributed by atoms with Crippen LogP contribution in [0, 0.1) is 0 Å². The van der Waals surface area contributed by atoms with Crippen molar-refractivity contribution >= 4 is 25.7 Å². The third kappa shape index (κ3) is 3.35. The molecule has 0 saturated carbocycles. The quantitative estimate of drug-likeness (QED) is 0.795. The molecule has 2 N–H and O–H groups in total.